The average molecular weight is 197 g/mol. The molecule has 60 valence electrons. The summed E-state index contributed by atoms with van der Waals surface area (Å²) in [5, 5.41) is 0.00849. The third-order valence-corrected chi connectivity index (χ3v) is 2.49. The standard InChI is InChI=1S/C6H4ClF2OP/c7-11(10)6-2-4(8)1-5(9)3-6/h1-3,11H. The van der Waals surface area contributed by atoms with E-state index >= 15 is 0 Å². The van der Waals surface area contributed by atoms with Crippen molar-refractivity contribution in [3.63, 3.8) is 0 Å². The second-order valence-electron chi connectivity index (χ2n) is 1.93. The minimum Gasteiger partial charge on any atom is -0.305 e. The molecular formula is C6H4ClF2OP. The molecule has 0 spiro atoms. The van der Waals surface area contributed by atoms with E-state index in [1.807, 2.05) is 0 Å². The van der Waals surface area contributed by atoms with Gasteiger partial charge in [0.1, 0.15) is 11.6 Å². The minimum atomic E-state index is -2.51. The fourth-order valence-corrected chi connectivity index (χ4v) is 1.50. The predicted molar refractivity (Wildman–Crippen MR) is 40.8 cm³/mol. The summed E-state index contributed by atoms with van der Waals surface area (Å²) in [6.07, 6.45) is 0. The minimum absolute atomic E-state index is 0.00849. The maximum absolute atomic E-state index is 12.4. The van der Waals surface area contributed by atoms with Gasteiger partial charge in [-0.2, -0.15) is 0 Å². The van der Waals surface area contributed by atoms with Crippen molar-refractivity contribution in [1.82, 2.24) is 0 Å². The first-order chi connectivity index (χ1) is 5.09. The van der Waals surface area contributed by atoms with Crippen LogP contribution in [0.2, 0.25) is 0 Å². The van der Waals surface area contributed by atoms with Gasteiger partial charge in [0.05, 0.1) is 0 Å². The molecule has 1 aromatic rings. The van der Waals surface area contributed by atoms with Gasteiger partial charge in [0.15, 0.2) is 7.15 Å². The third-order valence-electron chi connectivity index (χ3n) is 1.09. The number of hydrogen-bond acceptors (Lipinski definition) is 1. The summed E-state index contributed by atoms with van der Waals surface area (Å²) in [7, 11) is -2.51. The van der Waals surface area contributed by atoms with Gasteiger partial charge in [-0.25, -0.2) is 8.78 Å². The molecule has 1 aromatic carbocycles. The summed E-state index contributed by atoms with van der Waals surface area (Å²) in [5.41, 5.74) is 0. The maximum atomic E-state index is 12.4. The van der Waals surface area contributed by atoms with Gasteiger partial charge in [0.2, 0.25) is 0 Å². The van der Waals surface area contributed by atoms with Crippen LogP contribution in [0.1, 0.15) is 0 Å². The van der Waals surface area contributed by atoms with Crippen molar-refractivity contribution in [2.45, 2.75) is 0 Å². The van der Waals surface area contributed by atoms with Gasteiger partial charge < -0.3 is 4.57 Å². The number of hydrogen-bond donors (Lipinski definition) is 0. The normalized spacial score (nSPS) is 13.0. The molecule has 0 fully saturated rings. The fourth-order valence-electron chi connectivity index (χ4n) is 0.667. The fraction of sp³-hybridized carbons (Fsp3) is 0. The summed E-state index contributed by atoms with van der Waals surface area (Å²) in [6, 6.07) is 2.61. The Hall–Kier alpha value is -0.400. The monoisotopic (exact) mass is 196 g/mol. The quantitative estimate of drug-likeness (QED) is 0.630. The Labute approximate surface area is 67.6 Å². The molecule has 1 unspecified atom stereocenters. The lowest BCUT2D eigenvalue weighted by Gasteiger charge is -1.94. The van der Waals surface area contributed by atoms with E-state index in [9.17, 15) is 13.3 Å². The van der Waals surface area contributed by atoms with E-state index < -0.39 is 18.8 Å². The van der Waals surface area contributed by atoms with Gasteiger partial charge >= 0.3 is 0 Å². The number of benzene rings is 1. The van der Waals surface area contributed by atoms with Crippen LogP contribution in [0.15, 0.2) is 18.2 Å². The first kappa shape index (κ1) is 8.69. The zero-order valence-corrected chi connectivity index (χ0v) is 7.03. The molecular weight excluding hydrogens is 192 g/mol. The van der Waals surface area contributed by atoms with Gasteiger partial charge in [0, 0.05) is 11.4 Å². The van der Waals surface area contributed by atoms with Crippen LogP contribution in [-0.2, 0) is 4.57 Å². The van der Waals surface area contributed by atoms with Crippen LogP contribution in [0, 0.1) is 11.6 Å². The molecule has 0 saturated carbocycles. The molecule has 5 heteroatoms. The summed E-state index contributed by atoms with van der Waals surface area (Å²) >= 11 is 5.16. The van der Waals surface area contributed by atoms with Crippen LogP contribution in [-0.4, -0.2) is 0 Å². The smallest absolute Gasteiger partial charge is 0.186 e. The molecule has 0 saturated heterocycles. The van der Waals surface area contributed by atoms with Gasteiger partial charge in [-0.05, 0) is 12.1 Å². The van der Waals surface area contributed by atoms with Crippen LogP contribution in [0.4, 0.5) is 8.78 Å². The molecule has 1 nitrogen and oxygen atoms in total. The Bertz CT molecular complexity index is 282. The summed E-state index contributed by atoms with van der Waals surface area (Å²) in [4.78, 5) is 0. The van der Waals surface area contributed by atoms with Crippen LogP contribution in [0.25, 0.3) is 0 Å². The molecule has 0 aliphatic carbocycles. The largest absolute Gasteiger partial charge is 0.305 e. The first-order valence-corrected chi connectivity index (χ1v) is 5.17. The van der Waals surface area contributed by atoms with Crippen LogP contribution in [0.3, 0.4) is 0 Å². The Kier molecular flexibility index (Phi) is 2.63. The van der Waals surface area contributed by atoms with Crippen molar-refractivity contribution in [1.29, 1.82) is 0 Å². The summed E-state index contributed by atoms with van der Waals surface area (Å²) in [5.74, 6) is -1.53. The van der Waals surface area contributed by atoms with E-state index in [-0.39, 0.29) is 5.30 Å². The Morgan fingerprint density at radius 1 is 1.18 bits per heavy atom. The Morgan fingerprint density at radius 3 is 2.00 bits per heavy atom. The van der Waals surface area contributed by atoms with E-state index in [1.165, 1.54) is 0 Å². The number of rotatable bonds is 1. The van der Waals surface area contributed by atoms with Gasteiger partial charge in [0.25, 0.3) is 0 Å². The van der Waals surface area contributed by atoms with Crippen molar-refractivity contribution in [2.75, 3.05) is 0 Å². The van der Waals surface area contributed by atoms with Crippen molar-refractivity contribution in [2.24, 2.45) is 0 Å². The van der Waals surface area contributed by atoms with E-state index in [2.05, 4.69) is 0 Å². The highest BCUT2D eigenvalue weighted by atomic mass is 35.7. The van der Waals surface area contributed by atoms with Crippen molar-refractivity contribution >= 4 is 23.7 Å². The molecule has 0 amide bonds. The molecule has 0 aliphatic heterocycles. The van der Waals surface area contributed by atoms with Crippen LogP contribution < -0.4 is 5.30 Å². The zero-order valence-electron chi connectivity index (χ0n) is 5.27. The van der Waals surface area contributed by atoms with E-state index in [0.29, 0.717) is 6.07 Å². The van der Waals surface area contributed by atoms with E-state index in [1.54, 1.807) is 0 Å². The molecule has 0 aromatic heterocycles. The van der Waals surface area contributed by atoms with Gasteiger partial charge in [-0.15, -0.1) is 0 Å². The van der Waals surface area contributed by atoms with Crippen LogP contribution in [0.5, 0.6) is 0 Å². The van der Waals surface area contributed by atoms with E-state index in [4.69, 9.17) is 11.2 Å². The SMILES string of the molecule is O=[PH](Cl)c1cc(F)cc(F)c1. The van der Waals surface area contributed by atoms with Gasteiger partial charge in [-0.1, -0.05) is 11.2 Å². The Morgan fingerprint density at radius 2 is 1.64 bits per heavy atom. The number of halogens is 3. The molecule has 11 heavy (non-hydrogen) atoms. The topological polar surface area (TPSA) is 17.1 Å². The van der Waals surface area contributed by atoms with Gasteiger partial charge in [-0.3, -0.25) is 0 Å². The summed E-state index contributed by atoms with van der Waals surface area (Å²) < 4.78 is 35.3. The van der Waals surface area contributed by atoms with Crippen molar-refractivity contribution in [3.8, 4) is 0 Å². The summed E-state index contributed by atoms with van der Waals surface area (Å²) in [6.45, 7) is 0. The highest BCUT2D eigenvalue weighted by molar-refractivity contribution is 7.80. The van der Waals surface area contributed by atoms with Crippen LogP contribution >= 0.6 is 18.4 Å². The molecule has 1 atom stereocenters. The lowest BCUT2D eigenvalue weighted by atomic mass is 10.3. The van der Waals surface area contributed by atoms with Crippen molar-refractivity contribution < 1.29 is 13.3 Å². The average Bonchev–Trinajstić information content (AvgIpc) is 1.85. The molecule has 0 heterocycles. The molecule has 0 aliphatic rings. The molecule has 1 rings (SSSR count). The first-order valence-electron chi connectivity index (χ1n) is 2.75. The predicted octanol–water partition coefficient (Wildman–Crippen LogP) is 2.30. The highest BCUT2D eigenvalue weighted by Crippen LogP contribution is 2.25. The Balaban J connectivity index is 3.19. The molecule has 0 N–H and O–H groups in total. The molecule has 0 bridgehead atoms. The lowest BCUT2D eigenvalue weighted by molar-refractivity contribution is 0.582. The lowest BCUT2D eigenvalue weighted by Crippen LogP contribution is -1.96. The zero-order chi connectivity index (χ0) is 8.43. The van der Waals surface area contributed by atoms with Crippen molar-refractivity contribution in [3.05, 3.63) is 29.8 Å². The third kappa shape index (κ3) is 2.28. The molecule has 0 radical (unpaired) electrons. The maximum Gasteiger partial charge on any atom is 0.186 e. The second-order valence-corrected chi connectivity index (χ2v) is 4.09. The van der Waals surface area contributed by atoms with E-state index in [0.717, 1.165) is 12.1 Å². The second kappa shape index (κ2) is 3.33. The highest BCUT2D eigenvalue weighted by Gasteiger charge is 2.03.